The molecule has 2 rings (SSSR count). The minimum absolute atomic E-state index is 0.174. The van der Waals surface area contributed by atoms with Gasteiger partial charge in [0.1, 0.15) is 0 Å². The Kier molecular flexibility index (Phi) is 6.39. The molecule has 1 heterocycles. The monoisotopic (exact) mass is 369 g/mol. The van der Waals surface area contributed by atoms with E-state index in [-0.39, 0.29) is 11.9 Å². The molecule has 0 saturated carbocycles. The van der Waals surface area contributed by atoms with Crippen molar-refractivity contribution >= 4 is 27.8 Å². The van der Waals surface area contributed by atoms with Gasteiger partial charge in [0, 0.05) is 10.0 Å². The Morgan fingerprint density at radius 1 is 1.23 bits per heavy atom. The lowest BCUT2D eigenvalue weighted by molar-refractivity contribution is -0.903. The molecule has 0 bridgehead atoms. The van der Waals surface area contributed by atoms with E-state index in [0.29, 0.717) is 26.1 Å². The second-order valence-corrected chi connectivity index (χ2v) is 6.28. The maximum atomic E-state index is 12.1. The number of rotatable bonds is 5. The van der Waals surface area contributed by atoms with Gasteiger partial charge in [-0.25, -0.2) is 4.79 Å². The molecule has 1 amide bonds. The van der Waals surface area contributed by atoms with Gasteiger partial charge in [-0.2, -0.15) is 0 Å². The molecule has 0 aromatic heterocycles. The van der Waals surface area contributed by atoms with Gasteiger partial charge in [-0.15, -0.1) is 0 Å². The van der Waals surface area contributed by atoms with Gasteiger partial charge in [-0.1, -0.05) is 28.1 Å². The number of amides is 1. The van der Waals surface area contributed by atoms with E-state index in [4.69, 9.17) is 4.74 Å². The topological polar surface area (TPSA) is 51.0 Å². The van der Waals surface area contributed by atoms with Crippen LogP contribution in [-0.4, -0.2) is 56.1 Å². The Morgan fingerprint density at radius 3 is 2.45 bits per heavy atom. The predicted octanol–water partition coefficient (Wildman–Crippen LogP) is 1.38. The van der Waals surface area contributed by atoms with Crippen molar-refractivity contribution < 1.29 is 19.2 Å². The zero-order valence-corrected chi connectivity index (χ0v) is 14.4. The van der Waals surface area contributed by atoms with E-state index in [2.05, 4.69) is 15.9 Å². The standard InChI is InChI=1S/C16H21BrN2O3/c1-2-22-16(21)19-11-9-18(10-12-19)8-7-15(20)13-3-5-14(17)6-4-13/h3-6H,2,7-12H2,1H3/p+1. The zero-order chi connectivity index (χ0) is 15.9. The minimum Gasteiger partial charge on any atom is -0.450 e. The molecule has 0 spiro atoms. The van der Waals surface area contributed by atoms with Gasteiger partial charge >= 0.3 is 6.09 Å². The van der Waals surface area contributed by atoms with Crippen LogP contribution in [0.5, 0.6) is 0 Å². The number of hydrogen-bond donors (Lipinski definition) is 1. The highest BCUT2D eigenvalue weighted by molar-refractivity contribution is 9.10. The predicted molar refractivity (Wildman–Crippen MR) is 87.2 cm³/mol. The third-order valence-electron chi connectivity index (χ3n) is 3.87. The number of piperazine rings is 1. The van der Waals surface area contributed by atoms with E-state index in [9.17, 15) is 9.59 Å². The highest BCUT2D eigenvalue weighted by Crippen LogP contribution is 2.11. The molecule has 120 valence electrons. The molecule has 22 heavy (non-hydrogen) atoms. The Hall–Kier alpha value is -1.40. The number of benzene rings is 1. The van der Waals surface area contributed by atoms with Crippen molar-refractivity contribution in [3.8, 4) is 0 Å². The van der Waals surface area contributed by atoms with Gasteiger partial charge in [0.25, 0.3) is 0 Å². The summed E-state index contributed by atoms with van der Waals surface area (Å²) in [7, 11) is 0. The molecule has 1 aliphatic heterocycles. The average molecular weight is 370 g/mol. The fourth-order valence-electron chi connectivity index (χ4n) is 2.54. The van der Waals surface area contributed by atoms with Gasteiger partial charge in [-0.05, 0) is 19.1 Å². The smallest absolute Gasteiger partial charge is 0.410 e. The van der Waals surface area contributed by atoms with Crippen LogP contribution < -0.4 is 4.90 Å². The number of carbonyl (C=O) groups is 2. The Labute approximate surface area is 139 Å². The molecule has 1 fully saturated rings. The third kappa shape index (κ3) is 4.81. The summed E-state index contributed by atoms with van der Waals surface area (Å²) in [5, 5.41) is 0. The van der Waals surface area contributed by atoms with Crippen LogP contribution in [0.3, 0.4) is 0 Å². The molecule has 6 heteroatoms. The zero-order valence-electron chi connectivity index (χ0n) is 12.8. The van der Waals surface area contributed by atoms with Gasteiger partial charge < -0.3 is 9.64 Å². The highest BCUT2D eigenvalue weighted by atomic mass is 79.9. The SMILES string of the molecule is CCOC(=O)N1CC[NH+](CCC(=O)c2ccc(Br)cc2)CC1. The minimum atomic E-state index is -0.229. The highest BCUT2D eigenvalue weighted by Gasteiger charge is 2.24. The van der Waals surface area contributed by atoms with E-state index in [1.807, 2.05) is 31.2 Å². The summed E-state index contributed by atoms with van der Waals surface area (Å²) in [4.78, 5) is 26.9. The summed E-state index contributed by atoms with van der Waals surface area (Å²) < 4.78 is 5.98. The fourth-order valence-corrected chi connectivity index (χ4v) is 2.81. The van der Waals surface area contributed by atoms with E-state index >= 15 is 0 Å². The van der Waals surface area contributed by atoms with Crippen LogP contribution in [0, 0.1) is 0 Å². The number of ether oxygens (including phenoxy) is 1. The first-order chi connectivity index (χ1) is 10.6. The maximum Gasteiger partial charge on any atom is 0.410 e. The summed E-state index contributed by atoms with van der Waals surface area (Å²) in [5.74, 6) is 0.174. The molecule has 0 atom stereocenters. The lowest BCUT2D eigenvalue weighted by atomic mass is 10.1. The number of quaternary nitrogens is 1. The van der Waals surface area contributed by atoms with Crippen molar-refractivity contribution in [3.63, 3.8) is 0 Å². The van der Waals surface area contributed by atoms with E-state index in [1.54, 1.807) is 4.90 Å². The Morgan fingerprint density at radius 2 is 1.86 bits per heavy atom. The van der Waals surface area contributed by atoms with Crippen molar-refractivity contribution in [1.29, 1.82) is 0 Å². The van der Waals surface area contributed by atoms with Crippen molar-refractivity contribution in [1.82, 2.24) is 4.90 Å². The molecular formula is C16H22BrN2O3+. The first kappa shape index (κ1) is 17.0. The number of hydrogen-bond acceptors (Lipinski definition) is 3. The van der Waals surface area contributed by atoms with E-state index in [1.165, 1.54) is 4.90 Å². The normalized spacial score (nSPS) is 15.6. The summed E-state index contributed by atoms with van der Waals surface area (Å²) >= 11 is 3.37. The lowest BCUT2D eigenvalue weighted by Crippen LogP contribution is -3.14. The molecule has 1 aliphatic rings. The Bertz CT molecular complexity index is 511. The molecule has 1 N–H and O–H groups in total. The first-order valence-electron chi connectivity index (χ1n) is 7.64. The van der Waals surface area contributed by atoms with Gasteiger partial charge in [-0.3, -0.25) is 9.69 Å². The summed E-state index contributed by atoms with van der Waals surface area (Å²) in [6, 6.07) is 7.47. The molecule has 0 radical (unpaired) electrons. The number of Topliss-reactive ketones (excluding diaryl/α,β-unsaturated/α-hetero) is 1. The Balaban J connectivity index is 1.73. The number of halogens is 1. The van der Waals surface area contributed by atoms with Crippen LogP contribution in [0.1, 0.15) is 23.7 Å². The van der Waals surface area contributed by atoms with Crippen molar-refractivity contribution in [2.75, 3.05) is 39.3 Å². The summed E-state index contributed by atoms with van der Waals surface area (Å²) in [5.41, 5.74) is 0.757. The number of ketones is 1. The molecule has 0 unspecified atom stereocenters. The van der Waals surface area contributed by atoms with Gasteiger partial charge in [0.2, 0.25) is 0 Å². The molecular weight excluding hydrogens is 348 g/mol. The van der Waals surface area contributed by atoms with Crippen LogP contribution >= 0.6 is 15.9 Å². The summed E-state index contributed by atoms with van der Waals surface area (Å²) in [6.45, 7) is 6.16. The first-order valence-corrected chi connectivity index (χ1v) is 8.43. The van der Waals surface area contributed by atoms with Crippen LogP contribution in [0.2, 0.25) is 0 Å². The quantitative estimate of drug-likeness (QED) is 0.797. The molecule has 5 nitrogen and oxygen atoms in total. The van der Waals surface area contributed by atoms with Crippen LogP contribution in [0.4, 0.5) is 4.79 Å². The van der Waals surface area contributed by atoms with E-state index in [0.717, 1.165) is 29.7 Å². The van der Waals surface area contributed by atoms with Crippen LogP contribution in [0.25, 0.3) is 0 Å². The van der Waals surface area contributed by atoms with Crippen LogP contribution in [-0.2, 0) is 4.74 Å². The number of carbonyl (C=O) groups excluding carboxylic acids is 2. The fraction of sp³-hybridized carbons (Fsp3) is 0.500. The van der Waals surface area contributed by atoms with Crippen molar-refractivity contribution in [3.05, 3.63) is 34.3 Å². The number of nitrogens with zero attached hydrogens (tertiary/aromatic N) is 1. The van der Waals surface area contributed by atoms with Gasteiger partial charge in [0.15, 0.2) is 5.78 Å². The van der Waals surface area contributed by atoms with Crippen molar-refractivity contribution in [2.24, 2.45) is 0 Å². The molecule has 1 aromatic rings. The second kappa shape index (κ2) is 8.29. The van der Waals surface area contributed by atoms with E-state index < -0.39 is 0 Å². The average Bonchev–Trinajstić information content (AvgIpc) is 2.54. The van der Waals surface area contributed by atoms with Gasteiger partial charge in [0.05, 0.1) is 45.8 Å². The number of nitrogens with one attached hydrogen (secondary N) is 1. The second-order valence-electron chi connectivity index (χ2n) is 5.37. The third-order valence-corrected chi connectivity index (χ3v) is 4.40. The van der Waals surface area contributed by atoms with Crippen molar-refractivity contribution in [2.45, 2.75) is 13.3 Å². The molecule has 1 saturated heterocycles. The maximum absolute atomic E-state index is 12.1. The largest absolute Gasteiger partial charge is 0.450 e. The summed E-state index contributed by atoms with van der Waals surface area (Å²) in [6.07, 6.45) is 0.309. The van der Waals surface area contributed by atoms with Crippen LogP contribution in [0.15, 0.2) is 28.7 Å². The molecule has 1 aromatic carbocycles. The lowest BCUT2D eigenvalue weighted by Gasteiger charge is -2.31. The molecule has 0 aliphatic carbocycles.